The fraction of sp³-hybridized carbons (Fsp3) is 0.147. The van der Waals surface area contributed by atoms with Gasteiger partial charge in [-0.05, 0) is 66.8 Å². The van der Waals surface area contributed by atoms with Crippen molar-refractivity contribution in [3.8, 4) is 17.1 Å². The van der Waals surface area contributed by atoms with E-state index >= 15 is 0 Å². The second-order valence-electron chi connectivity index (χ2n) is 10.4. The number of methoxy groups -OCH3 is 1. The number of fused-ring (bicyclic) bond motifs is 3. The van der Waals surface area contributed by atoms with Gasteiger partial charge in [-0.2, -0.15) is 0 Å². The Morgan fingerprint density at radius 1 is 1.05 bits per heavy atom. The topological polar surface area (TPSA) is 94.0 Å². The fourth-order valence-electron chi connectivity index (χ4n) is 5.97. The lowest BCUT2D eigenvalue weighted by molar-refractivity contribution is 0.0696. The minimum Gasteiger partial charge on any atom is -0.496 e. The summed E-state index contributed by atoms with van der Waals surface area (Å²) in [4.78, 5) is 31.1. The Balaban J connectivity index is 1.38. The first kappa shape index (κ1) is 26.0. The summed E-state index contributed by atoms with van der Waals surface area (Å²) in [6, 6.07) is 24.4. The summed E-state index contributed by atoms with van der Waals surface area (Å²) in [5, 5.41) is 9.29. The van der Waals surface area contributed by atoms with Gasteiger partial charge in [0.1, 0.15) is 17.3 Å². The molecule has 1 aliphatic carbocycles. The van der Waals surface area contributed by atoms with Crippen LogP contribution in [0.2, 0.25) is 0 Å². The minimum absolute atomic E-state index is 0.139. The number of rotatable bonds is 5. The Kier molecular flexibility index (Phi) is 6.28. The summed E-state index contributed by atoms with van der Waals surface area (Å²) in [5.41, 5.74) is 7.00. The van der Waals surface area contributed by atoms with E-state index in [0.717, 1.165) is 52.1 Å². The second kappa shape index (κ2) is 10.2. The Bertz CT molecular complexity index is 2110. The lowest BCUT2D eigenvalue weighted by Crippen LogP contribution is -2.38. The number of nitrogens with zero attached hydrogens (tertiary/aromatic N) is 2. The van der Waals surface area contributed by atoms with E-state index in [1.165, 1.54) is 16.9 Å². The lowest BCUT2D eigenvalue weighted by atomic mass is 9.83. The molecule has 1 N–H and O–H groups in total. The van der Waals surface area contributed by atoms with E-state index in [2.05, 4.69) is 18.2 Å². The monoisotopic (exact) mass is 574 g/mol. The maximum absolute atomic E-state index is 14.1. The first-order chi connectivity index (χ1) is 20.4. The number of hydrogen-bond acceptors (Lipinski definition) is 6. The molecule has 0 fully saturated rings. The molecule has 7 rings (SSSR count). The molecule has 2 aliphatic rings. The first-order valence-corrected chi connectivity index (χ1v) is 14.4. The number of aromatic nitrogens is 1. The third-order valence-corrected chi connectivity index (χ3v) is 8.93. The number of ether oxygens (including phenoxy) is 1. The van der Waals surface area contributed by atoms with Crippen molar-refractivity contribution in [3.05, 3.63) is 138 Å². The van der Waals surface area contributed by atoms with Gasteiger partial charge < -0.3 is 14.3 Å². The molecule has 8 heteroatoms. The van der Waals surface area contributed by atoms with Crippen LogP contribution < -0.4 is 19.6 Å². The molecule has 3 aromatic carbocycles. The maximum atomic E-state index is 14.1. The highest BCUT2D eigenvalue weighted by Gasteiger charge is 2.34. The van der Waals surface area contributed by atoms with E-state index in [-0.39, 0.29) is 17.2 Å². The SMILES string of the molecule is COc1ccccc1C1C2=C(N=c3sc(=Cc4ccc(-c5ccc(C(=O)O)cc5C)o4)c(=O)n31)c1ccccc1CC2. The summed E-state index contributed by atoms with van der Waals surface area (Å²) in [6.45, 7) is 1.85. The quantitative estimate of drug-likeness (QED) is 0.295. The molecule has 0 saturated carbocycles. The number of aryl methyl sites for hydroxylation is 2. The van der Waals surface area contributed by atoms with Crippen LogP contribution in [-0.4, -0.2) is 22.8 Å². The number of para-hydroxylation sites is 1. The van der Waals surface area contributed by atoms with Gasteiger partial charge in [-0.3, -0.25) is 9.36 Å². The molecular weight excluding hydrogens is 548 g/mol. The van der Waals surface area contributed by atoms with Gasteiger partial charge in [-0.15, -0.1) is 0 Å². The largest absolute Gasteiger partial charge is 0.496 e. The third-order valence-electron chi connectivity index (χ3n) is 7.95. The summed E-state index contributed by atoms with van der Waals surface area (Å²) < 4.78 is 14.2. The number of furan rings is 1. The zero-order valence-electron chi connectivity index (χ0n) is 23.0. The Morgan fingerprint density at radius 2 is 1.86 bits per heavy atom. The molecule has 1 atom stereocenters. The second-order valence-corrected chi connectivity index (χ2v) is 11.4. The van der Waals surface area contributed by atoms with E-state index in [9.17, 15) is 14.7 Å². The molecule has 5 aromatic rings. The number of carboxylic acids is 1. The van der Waals surface area contributed by atoms with Crippen molar-refractivity contribution in [2.24, 2.45) is 4.99 Å². The molecule has 0 radical (unpaired) electrons. The van der Waals surface area contributed by atoms with Crippen LogP contribution in [-0.2, 0) is 6.42 Å². The van der Waals surface area contributed by atoms with Crippen molar-refractivity contribution in [2.75, 3.05) is 7.11 Å². The van der Waals surface area contributed by atoms with Gasteiger partial charge >= 0.3 is 5.97 Å². The fourth-order valence-corrected chi connectivity index (χ4v) is 6.95. The predicted octanol–water partition coefficient (Wildman–Crippen LogP) is 5.59. The van der Waals surface area contributed by atoms with Gasteiger partial charge in [0.2, 0.25) is 0 Å². The van der Waals surface area contributed by atoms with Crippen molar-refractivity contribution < 1.29 is 19.1 Å². The van der Waals surface area contributed by atoms with Gasteiger partial charge in [0, 0.05) is 22.8 Å². The van der Waals surface area contributed by atoms with Gasteiger partial charge in [0.25, 0.3) is 5.56 Å². The predicted molar refractivity (Wildman–Crippen MR) is 162 cm³/mol. The molecule has 42 heavy (non-hydrogen) atoms. The van der Waals surface area contributed by atoms with E-state index in [4.69, 9.17) is 14.1 Å². The molecule has 1 aliphatic heterocycles. The van der Waals surface area contributed by atoms with Crippen molar-refractivity contribution >= 4 is 29.1 Å². The smallest absolute Gasteiger partial charge is 0.335 e. The van der Waals surface area contributed by atoms with Crippen LogP contribution in [0.3, 0.4) is 0 Å². The van der Waals surface area contributed by atoms with E-state index < -0.39 is 5.97 Å². The standard InChI is InChI=1S/C34H26N2O5S/c1-19-17-21(33(38)39)12-14-23(19)28-16-13-22(41-28)18-29-32(37)36-31(25-9-5-6-10-27(25)40-2)26-15-11-20-7-3-4-8-24(20)30(26)35-34(36)42-29/h3-10,12-14,16-18,31H,11,15H2,1-2H3,(H,38,39). The van der Waals surface area contributed by atoms with E-state index in [1.54, 1.807) is 36.0 Å². The Hall–Kier alpha value is -4.95. The highest BCUT2D eigenvalue weighted by Crippen LogP contribution is 2.43. The molecule has 1 unspecified atom stereocenters. The minimum atomic E-state index is -0.975. The lowest BCUT2D eigenvalue weighted by Gasteiger charge is -2.31. The van der Waals surface area contributed by atoms with Crippen LogP contribution in [0.25, 0.3) is 23.1 Å². The van der Waals surface area contributed by atoms with Crippen LogP contribution in [0.5, 0.6) is 5.75 Å². The van der Waals surface area contributed by atoms with E-state index in [1.807, 2.05) is 49.4 Å². The highest BCUT2D eigenvalue weighted by molar-refractivity contribution is 7.07. The summed E-state index contributed by atoms with van der Waals surface area (Å²) in [5.74, 6) is 0.878. The van der Waals surface area contributed by atoms with Gasteiger partial charge in [-0.1, -0.05) is 59.9 Å². The van der Waals surface area contributed by atoms with Gasteiger partial charge in [-0.25, -0.2) is 9.79 Å². The van der Waals surface area contributed by atoms with Gasteiger partial charge in [0.15, 0.2) is 4.80 Å². The molecule has 0 amide bonds. The molecule has 0 saturated heterocycles. The molecular formula is C34H26N2O5S. The van der Waals surface area contributed by atoms with Crippen LogP contribution in [0.15, 0.2) is 98.6 Å². The highest BCUT2D eigenvalue weighted by atomic mass is 32.1. The average molecular weight is 575 g/mol. The summed E-state index contributed by atoms with van der Waals surface area (Å²) in [7, 11) is 1.65. The molecule has 3 heterocycles. The first-order valence-electron chi connectivity index (χ1n) is 13.6. The number of aromatic carboxylic acids is 1. The van der Waals surface area contributed by atoms with Gasteiger partial charge in [0.05, 0.1) is 28.9 Å². The number of carboxylic acid groups (broad SMARTS) is 1. The van der Waals surface area contributed by atoms with Crippen LogP contribution in [0.4, 0.5) is 0 Å². The van der Waals surface area contributed by atoms with E-state index in [0.29, 0.717) is 20.9 Å². The number of carbonyl (C=O) groups is 1. The zero-order valence-corrected chi connectivity index (χ0v) is 23.8. The molecule has 208 valence electrons. The van der Waals surface area contributed by atoms with Crippen LogP contribution in [0.1, 0.15) is 50.8 Å². The molecule has 7 nitrogen and oxygen atoms in total. The number of thiazole rings is 1. The summed E-state index contributed by atoms with van der Waals surface area (Å²) in [6.07, 6.45) is 3.43. The van der Waals surface area contributed by atoms with Crippen molar-refractivity contribution in [3.63, 3.8) is 0 Å². The Morgan fingerprint density at radius 3 is 2.67 bits per heavy atom. The molecule has 2 aromatic heterocycles. The third kappa shape index (κ3) is 4.23. The molecule has 0 spiro atoms. The number of hydrogen-bond donors (Lipinski definition) is 1. The van der Waals surface area contributed by atoms with Crippen LogP contribution in [0, 0.1) is 6.92 Å². The summed E-state index contributed by atoms with van der Waals surface area (Å²) >= 11 is 1.34. The van der Waals surface area contributed by atoms with Crippen molar-refractivity contribution in [1.82, 2.24) is 4.57 Å². The molecule has 0 bridgehead atoms. The maximum Gasteiger partial charge on any atom is 0.335 e. The number of benzene rings is 3. The van der Waals surface area contributed by atoms with Crippen molar-refractivity contribution in [1.29, 1.82) is 0 Å². The average Bonchev–Trinajstić information content (AvgIpc) is 3.59. The normalized spacial score (nSPS) is 16.0. The Labute approximate surface area is 245 Å². The zero-order chi connectivity index (χ0) is 29.0. The van der Waals surface area contributed by atoms with Crippen molar-refractivity contribution in [2.45, 2.75) is 25.8 Å². The number of allylic oxidation sites excluding steroid dienone is 1. The van der Waals surface area contributed by atoms with Crippen LogP contribution >= 0.6 is 11.3 Å².